The topological polar surface area (TPSA) is 138 Å². The molecule has 0 radical (unpaired) electrons. The van der Waals surface area contributed by atoms with Crippen molar-refractivity contribution in [3.05, 3.63) is 12.7 Å². The second-order valence-electron chi connectivity index (χ2n) is 10.8. The van der Waals surface area contributed by atoms with Gasteiger partial charge in [0.2, 0.25) is 0 Å². The Morgan fingerprint density at radius 1 is 1.26 bits per heavy atom. The highest BCUT2D eigenvalue weighted by Crippen LogP contribution is 2.45. The highest BCUT2D eigenvalue weighted by molar-refractivity contribution is 5.81. The largest absolute Gasteiger partial charge is 0.481 e. The molecule has 2 saturated heterocycles. The molecule has 3 aliphatic rings. The van der Waals surface area contributed by atoms with Crippen molar-refractivity contribution in [2.24, 2.45) is 5.92 Å². The minimum absolute atomic E-state index is 0.183. The number of rotatable bonds is 9. The molecule has 1 saturated carbocycles. The van der Waals surface area contributed by atoms with Gasteiger partial charge in [-0.15, -0.1) is 0 Å². The highest BCUT2D eigenvalue weighted by Gasteiger charge is 2.56. The maximum atomic E-state index is 10.8. The summed E-state index contributed by atoms with van der Waals surface area (Å²) in [5.41, 5.74) is 7.15. The second-order valence-corrected chi connectivity index (χ2v) is 10.8. The lowest BCUT2D eigenvalue weighted by molar-refractivity contribution is -0.199. The number of nitrogen functional groups attached to an aromatic ring is 1. The van der Waals surface area contributed by atoms with Crippen molar-refractivity contribution in [2.45, 2.75) is 102 Å². The van der Waals surface area contributed by atoms with Gasteiger partial charge in [0.15, 0.2) is 23.5 Å². The number of anilines is 1. The van der Waals surface area contributed by atoms with E-state index in [1.807, 2.05) is 18.4 Å². The fourth-order valence-electron chi connectivity index (χ4n) is 5.82. The van der Waals surface area contributed by atoms with Crippen molar-refractivity contribution in [2.75, 3.05) is 12.3 Å². The van der Waals surface area contributed by atoms with Crippen LogP contribution in [0.2, 0.25) is 0 Å². The van der Waals surface area contributed by atoms with Gasteiger partial charge < -0.3 is 25.1 Å². The van der Waals surface area contributed by atoms with Gasteiger partial charge in [0.25, 0.3) is 0 Å². The number of hydrogen-bond donors (Lipinski definition) is 2. The lowest BCUT2D eigenvalue weighted by atomic mass is 9.76. The Bertz CT molecular complexity index is 1070. The molecule has 3 N–H and O–H groups in total. The summed E-state index contributed by atoms with van der Waals surface area (Å²) in [5.74, 6) is -0.502. The van der Waals surface area contributed by atoms with E-state index in [0.717, 1.165) is 32.2 Å². The van der Waals surface area contributed by atoms with Crippen LogP contribution in [0.4, 0.5) is 5.82 Å². The number of carboxylic acid groups (broad SMARTS) is 1. The highest BCUT2D eigenvalue weighted by atomic mass is 16.8. The van der Waals surface area contributed by atoms with E-state index in [9.17, 15) is 4.79 Å². The molecule has 11 nitrogen and oxygen atoms in total. The molecule has 192 valence electrons. The van der Waals surface area contributed by atoms with Crippen molar-refractivity contribution in [3.8, 4) is 0 Å². The third-order valence-corrected chi connectivity index (χ3v) is 7.52. The average Bonchev–Trinajstić information content (AvgIpc) is 3.40. The molecular weight excluding hydrogens is 452 g/mol. The summed E-state index contributed by atoms with van der Waals surface area (Å²) in [6.07, 6.45) is 6.12. The molecule has 11 heteroatoms. The van der Waals surface area contributed by atoms with E-state index in [-0.39, 0.29) is 24.7 Å². The zero-order valence-corrected chi connectivity index (χ0v) is 20.8. The molecule has 35 heavy (non-hydrogen) atoms. The summed E-state index contributed by atoms with van der Waals surface area (Å²) < 4.78 is 21.1. The molecule has 0 amide bonds. The third-order valence-electron chi connectivity index (χ3n) is 7.52. The van der Waals surface area contributed by atoms with E-state index in [1.165, 1.54) is 6.33 Å². The van der Waals surface area contributed by atoms with Gasteiger partial charge in [-0.1, -0.05) is 0 Å². The van der Waals surface area contributed by atoms with Gasteiger partial charge >= 0.3 is 5.97 Å². The van der Waals surface area contributed by atoms with E-state index in [0.29, 0.717) is 35.0 Å². The monoisotopic (exact) mass is 488 g/mol. The Kier molecular flexibility index (Phi) is 6.45. The number of nitrogens with two attached hydrogens (primary N) is 1. The first kappa shape index (κ1) is 24.4. The average molecular weight is 489 g/mol. The molecule has 1 aliphatic carbocycles. The normalized spacial score (nSPS) is 31.8. The van der Waals surface area contributed by atoms with Crippen LogP contribution in [0.5, 0.6) is 0 Å². The number of nitrogens with zero attached hydrogens (tertiary/aromatic N) is 5. The number of carboxylic acids is 1. The molecule has 2 aliphatic heterocycles. The Morgan fingerprint density at radius 3 is 2.71 bits per heavy atom. The fourth-order valence-corrected chi connectivity index (χ4v) is 5.82. The van der Waals surface area contributed by atoms with Gasteiger partial charge in [0, 0.05) is 25.0 Å². The van der Waals surface area contributed by atoms with Crippen LogP contribution in [-0.2, 0) is 19.0 Å². The Morgan fingerprint density at radius 2 is 2.00 bits per heavy atom. The lowest BCUT2D eigenvalue weighted by Crippen LogP contribution is -2.52. The number of aromatic nitrogens is 4. The quantitative estimate of drug-likeness (QED) is 0.541. The van der Waals surface area contributed by atoms with E-state index >= 15 is 0 Å². The smallest absolute Gasteiger partial charge is 0.303 e. The zero-order valence-electron chi connectivity index (χ0n) is 20.8. The SMILES string of the molecule is CC(C)N(C[C@H]1O[C@@H](n2cnc3c(N)ncnc32)[C@@H]2OC(C)(C)O[C@@H]21)C1CC(CCCC(=O)O)C1. The first-order valence-electron chi connectivity index (χ1n) is 12.5. The lowest BCUT2D eigenvalue weighted by Gasteiger charge is -2.46. The van der Waals surface area contributed by atoms with Crippen LogP contribution in [-0.4, -0.2) is 78.2 Å². The predicted octanol–water partition coefficient (Wildman–Crippen LogP) is 2.57. The Labute approximate surface area is 205 Å². The van der Waals surface area contributed by atoms with Crippen molar-refractivity contribution in [3.63, 3.8) is 0 Å². The molecule has 0 bridgehead atoms. The van der Waals surface area contributed by atoms with E-state index < -0.39 is 18.0 Å². The molecule has 2 aromatic heterocycles. The maximum absolute atomic E-state index is 10.8. The van der Waals surface area contributed by atoms with E-state index in [1.54, 1.807) is 6.33 Å². The van der Waals surface area contributed by atoms with Gasteiger partial charge in [0.05, 0.1) is 6.33 Å². The molecule has 0 spiro atoms. The van der Waals surface area contributed by atoms with Crippen LogP contribution >= 0.6 is 0 Å². The Balaban J connectivity index is 1.31. The standard InChI is InChI=1S/C24H36N6O5/c1-13(2)29(15-8-14(9-15)6-5-7-17(31)32)10-16-19-20(35-24(3,4)34-19)23(33-16)30-12-28-18-21(25)26-11-27-22(18)30/h11-16,19-20,23H,5-10H2,1-4H3,(H,31,32)(H2,25,26,27)/t14?,15?,16-,19-,20-,23-/m1/s1. The first-order valence-corrected chi connectivity index (χ1v) is 12.5. The van der Waals surface area contributed by atoms with Gasteiger partial charge in [-0.2, -0.15) is 0 Å². The summed E-state index contributed by atoms with van der Waals surface area (Å²) >= 11 is 0. The molecular formula is C24H36N6O5. The van der Waals surface area contributed by atoms with Crippen LogP contribution in [0.15, 0.2) is 12.7 Å². The van der Waals surface area contributed by atoms with Gasteiger partial charge in [-0.3, -0.25) is 14.3 Å². The number of ether oxygens (including phenoxy) is 3. The molecule has 4 atom stereocenters. The zero-order chi connectivity index (χ0) is 24.9. The van der Waals surface area contributed by atoms with Gasteiger partial charge in [-0.05, 0) is 59.3 Å². The summed E-state index contributed by atoms with van der Waals surface area (Å²) in [6, 6.07) is 0.806. The minimum atomic E-state index is -0.714. The van der Waals surface area contributed by atoms with E-state index in [4.69, 9.17) is 25.1 Å². The Hall–Kier alpha value is -2.34. The van der Waals surface area contributed by atoms with Crippen molar-refractivity contribution in [1.29, 1.82) is 0 Å². The van der Waals surface area contributed by atoms with Crippen LogP contribution in [0.3, 0.4) is 0 Å². The van der Waals surface area contributed by atoms with Crippen LogP contribution in [0, 0.1) is 5.92 Å². The van der Waals surface area contributed by atoms with Crippen molar-refractivity contribution in [1.82, 2.24) is 24.4 Å². The molecule has 2 aromatic rings. The minimum Gasteiger partial charge on any atom is -0.481 e. The van der Waals surface area contributed by atoms with Crippen molar-refractivity contribution < 1.29 is 24.1 Å². The summed E-state index contributed by atoms with van der Waals surface area (Å²) in [7, 11) is 0. The van der Waals surface area contributed by atoms with Crippen LogP contribution in [0.1, 0.15) is 66.0 Å². The van der Waals surface area contributed by atoms with Crippen molar-refractivity contribution >= 4 is 23.0 Å². The van der Waals surface area contributed by atoms with Crippen LogP contribution in [0.25, 0.3) is 11.2 Å². The van der Waals surface area contributed by atoms with E-state index in [2.05, 4.69) is 33.7 Å². The predicted molar refractivity (Wildman–Crippen MR) is 127 cm³/mol. The number of carbonyl (C=O) groups is 1. The molecule has 0 unspecified atom stereocenters. The summed E-state index contributed by atoms with van der Waals surface area (Å²) in [5, 5.41) is 8.90. The first-order chi connectivity index (χ1) is 16.6. The summed E-state index contributed by atoms with van der Waals surface area (Å²) in [4.78, 5) is 26.2. The summed E-state index contributed by atoms with van der Waals surface area (Å²) in [6.45, 7) is 9.01. The fraction of sp³-hybridized carbons (Fsp3) is 0.750. The maximum Gasteiger partial charge on any atom is 0.303 e. The van der Waals surface area contributed by atoms with Crippen LogP contribution < -0.4 is 5.73 Å². The number of aliphatic carboxylic acids is 1. The molecule has 5 rings (SSSR count). The number of imidazole rings is 1. The van der Waals surface area contributed by atoms with Gasteiger partial charge in [0.1, 0.15) is 30.2 Å². The molecule has 3 fully saturated rings. The number of fused-ring (bicyclic) bond motifs is 2. The van der Waals surface area contributed by atoms with Gasteiger partial charge in [-0.25, -0.2) is 15.0 Å². The third kappa shape index (κ3) is 4.74. The molecule has 0 aromatic carbocycles. The second kappa shape index (κ2) is 9.27. The number of hydrogen-bond acceptors (Lipinski definition) is 9. The molecule has 4 heterocycles.